The van der Waals surface area contributed by atoms with Gasteiger partial charge in [0, 0.05) is 0 Å². The smallest absolute Gasteiger partial charge is 0.250 e. The van der Waals surface area contributed by atoms with Gasteiger partial charge in [0.1, 0.15) is 11.6 Å². The van der Waals surface area contributed by atoms with Crippen LogP contribution in [0.25, 0.3) is 0 Å². The van der Waals surface area contributed by atoms with Gasteiger partial charge in [-0.3, -0.25) is 5.41 Å². The third kappa shape index (κ3) is 3.02. The Morgan fingerprint density at radius 1 is 1.19 bits per heavy atom. The standard InChI is InChI=1S/C16H20N4O/c1-4-11-12(5-2)19-20-16(14(11)15(17)18)21-13-9-7-6-8-10(13)3/h6-9H,4-5H2,1-3H3,(H3,17,18). The van der Waals surface area contributed by atoms with Crippen molar-refractivity contribution < 1.29 is 4.74 Å². The molecule has 5 heteroatoms. The second-order valence-electron chi connectivity index (χ2n) is 4.79. The molecule has 1 aromatic carbocycles. The van der Waals surface area contributed by atoms with Crippen LogP contribution in [0, 0.1) is 12.3 Å². The first-order valence-corrected chi connectivity index (χ1v) is 7.04. The van der Waals surface area contributed by atoms with Crippen LogP contribution in [0.3, 0.4) is 0 Å². The molecule has 0 aliphatic heterocycles. The van der Waals surface area contributed by atoms with Crippen LogP contribution in [0.1, 0.15) is 36.2 Å². The molecule has 3 N–H and O–H groups in total. The normalized spacial score (nSPS) is 10.4. The number of aromatic nitrogens is 2. The lowest BCUT2D eigenvalue weighted by atomic mass is 10.0. The molecule has 0 unspecified atom stereocenters. The molecule has 1 heterocycles. The Morgan fingerprint density at radius 3 is 2.48 bits per heavy atom. The highest BCUT2D eigenvalue weighted by molar-refractivity contribution is 5.98. The molecular formula is C16H20N4O. The summed E-state index contributed by atoms with van der Waals surface area (Å²) in [6.07, 6.45) is 1.48. The van der Waals surface area contributed by atoms with Crippen molar-refractivity contribution in [2.24, 2.45) is 5.73 Å². The van der Waals surface area contributed by atoms with Gasteiger partial charge in [0.15, 0.2) is 0 Å². The Morgan fingerprint density at radius 2 is 1.90 bits per heavy atom. The van der Waals surface area contributed by atoms with Gasteiger partial charge in [0.2, 0.25) is 5.88 Å². The predicted octanol–water partition coefficient (Wildman–Crippen LogP) is 2.99. The van der Waals surface area contributed by atoms with E-state index in [0.29, 0.717) is 17.2 Å². The fourth-order valence-electron chi connectivity index (χ4n) is 2.28. The molecule has 0 saturated heterocycles. The van der Waals surface area contributed by atoms with Crippen molar-refractivity contribution in [1.82, 2.24) is 10.2 Å². The van der Waals surface area contributed by atoms with Gasteiger partial charge in [-0.2, -0.15) is 5.10 Å². The Bertz CT molecular complexity index is 667. The summed E-state index contributed by atoms with van der Waals surface area (Å²) in [6.45, 7) is 5.98. The van der Waals surface area contributed by atoms with Gasteiger partial charge in [-0.15, -0.1) is 5.10 Å². The van der Waals surface area contributed by atoms with Gasteiger partial charge in [-0.1, -0.05) is 32.0 Å². The van der Waals surface area contributed by atoms with Crippen molar-refractivity contribution in [3.8, 4) is 11.6 Å². The molecular weight excluding hydrogens is 264 g/mol. The van der Waals surface area contributed by atoms with Crippen LogP contribution in [-0.2, 0) is 12.8 Å². The number of aryl methyl sites for hydroxylation is 2. The summed E-state index contributed by atoms with van der Waals surface area (Å²) < 4.78 is 5.85. The fraction of sp³-hybridized carbons (Fsp3) is 0.312. The fourth-order valence-corrected chi connectivity index (χ4v) is 2.28. The van der Waals surface area contributed by atoms with Crippen LogP contribution in [-0.4, -0.2) is 16.0 Å². The Labute approximate surface area is 124 Å². The molecule has 0 saturated carbocycles. The van der Waals surface area contributed by atoms with E-state index in [0.717, 1.165) is 29.7 Å². The van der Waals surface area contributed by atoms with Crippen LogP contribution in [0.15, 0.2) is 24.3 Å². The van der Waals surface area contributed by atoms with Crippen molar-refractivity contribution in [3.05, 3.63) is 46.6 Å². The van der Waals surface area contributed by atoms with E-state index in [1.54, 1.807) is 0 Å². The van der Waals surface area contributed by atoms with Gasteiger partial charge < -0.3 is 10.5 Å². The molecule has 0 atom stereocenters. The summed E-state index contributed by atoms with van der Waals surface area (Å²) in [5.74, 6) is 0.950. The third-order valence-corrected chi connectivity index (χ3v) is 3.38. The summed E-state index contributed by atoms with van der Waals surface area (Å²) in [7, 11) is 0. The van der Waals surface area contributed by atoms with Gasteiger partial charge in [0.25, 0.3) is 0 Å². The van der Waals surface area contributed by atoms with E-state index in [4.69, 9.17) is 15.9 Å². The second kappa shape index (κ2) is 6.35. The van der Waals surface area contributed by atoms with Crippen molar-refractivity contribution in [2.45, 2.75) is 33.6 Å². The molecule has 0 aliphatic carbocycles. The molecule has 21 heavy (non-hydrogen) atoms. The lowest BCUT2D eigenvalue weighted by molar-refractivity contribution is 0.448. The van der Waals surface area contributed by atoms with Gasteiger partial charge >= 0.3 is 0 Å². The van der Waals surface area contributed by atoms with E-state index >= 15 is 0 Å². The zero-order valence-corrected chi connectivity index (χ0v) is 12.6. The number of nitrogens with one attached hydrogen (secondary N) is 1. The maximum atomic E-state index is 7.84. The number of para-hydroxylation sites is 1. The van der Waals surface area contributed by atoms with Crippen molar-refractivity contribution in [1.29, 1.82) is 5.41 Å². The monoisotopic (exact) mass is 284 g/mol. The van der Waals surface area contributed by atoms with Crippen LogP contribution >= 0.6 is 0 Å². The number of hydrogen-bond acceptors (Lipinski definition) is 4. The number of amidine groups is 1. The third-order valence-electron chi connectivity index (χ3n) is 3.38. The number of ether oxygens (including phenoxy) is 1. The second-order valence-corrected chi connectivity index (χ2v) is 4.79. The maximum Gasteiger partial charge on any atom is 0.250 e. The minimum absolute atomic E-state index is 0.0416. The van der Waals surface area contributed by atoms with Crippen molar-refractivity contribution >= 4 is 5.84 Å². The Hall–Kier alpha value is -2.43. The average molecular weight is 284 g/mol. The number of rotatable bonds is 5. The molecule has 110 valence electrons. The van der Waals surface area contributed by atoms with Crippen LogP contribution in [0.4, 0.5) is 0 Å². The Kier molecular flexibility index (Phi) is 4.52. The topological polar surface area (TPSA) is 84.9 Å². The molecule has 0 amide bonds. The highest BCUT2D eigenvalue weighted by Crippen LogP contribution is 2.28. The van der Waals surface area contributed by atoms with Crippen molar-refractivity contribution in [2.75, 3.05) is 0 Å². The SMILES string of the molecule is CCc1nnc(Oc2ccccc2C)c(C(=N)N)c1CC. The lowest BCUT2D eigenvalue weighted by Crippen LogP contribution is -2.18. The average Bonchev–Trinajstić information content (AvgIpc) is 2.48. The molecule has 0 aliphatic rings. The van der Waals surface area contributed by atoms with E-state index in [2.05, 4.69) is 10.2 Å². The quantitative estimate of drug-likeness (QED) is 0.653. The van der Waals surface area contributed by atoms with E-state index in [1.807, 2.05) is 45.0 Å². The zero-order valence-electron chi connectivity index (χ0n) is 12.6. The first kappa shape index (κ1) is 15.0. The van der Waals surface area contributed by atoms with E-state index < -0.39 is 0 Å². The molecule has 0 radical (unpaired) electrons. The largest absolute Gasteiger partial charge is 0.437 e. The van der Waals surface area contributed by atoms with Gasteiger partial charge in [0.05, 0.1) is 11.3 Å². The van der Waals surface area contributed by atoms with Gasteiger partial charge in [-0.25, -0.2) is 0 Å². The van der Waals surface area contributed by atoms with E-state index in [1.165, 1.54) is 0 Å². The minimum Gasteiger partial charge on any atom is -0.437 e. The molecule has 2 rings (SSSR count). The van der Waals surface area contributed by atoms with Crippen LogP contribution in [0.2, 0.25) is 0 Å². The number of hydrogen-bond donors (Lipinski definition) is 2. The number of nitrogens with zero attached hydrogens (tertiary/aromatic N) is 2. The first-order valence-electron chi connectivity index (χ1n) is 7.04. The molecule has 2 aromatic rings. The minimum atomic E-state index is -0.0416. The molecule has 0 bridgehead atoms. The van der Waals surface area contributed by atoms with Crippen LogP contribution < -0.4 is 10.5 Å². The summed E-state index contributed by atoms with van der Waals surface area (Å²) in [6, 6.07) is 7.65. The van der Waals surface area contributed by atoms with E-state index in [9.17, 15) is 0 Å². The number of nitrogen functional groups attached to an aromatic ring is 1. The number of nitrogens with two attached hydrogens (primary N) is 1. The summed E-state index contributed by atoms with van der Waals surface area (Å²) in [4.78, 5) is 0. The first-order chi connectivity index (χ1) is 10.1. The highest BCUT2D eigenvalue weighted by atomic mass is 16.5. The molecule has 5 nitrogen and oxygen atoms in total. The predicted molar refractivity (Wildman–Crippen MR) is 83.1 cm³/mol. The molecule has 1 aromatic heterocycles. The summed E-state index contributed by atoms with van der Waals surface area (Å²) >= 11 is 0. The summed E-state index contributed by atoms with van der Waals surface area (Å²) in [5.41, 5.74) is 9.08. The Balaban J connectivity index is 2.54. The highest BCUT2D eigenvalue weighted by Gasteiger charge is 2.19. The summed E-state index contributed by atoms with van der Waals surface area (Å²) in [5, 5.41) is 16.2. The van der Waals surface area contributed by atoms with Crippen molar-refractivity contribution in [3.63, 3.8) is 0 Å². The molecule has 0 fully saturated rings. The number of benzene rings is 1. The molecule has 0 spiro atoms. The maximum absolute atomic E-state index is 7.84. The lowest BCUT2D eigenvalue weighted by Gasteiger charge is -2.15. The van der Waals surface area contributed by atoms with E-state index in [-0.39, 0.29) is 5.84 Å². The zero-order chi connectivity index (χ0) is 15.4. The van der Waals surface area contributed by atoms with Gasteiger partial charge in [-0.05, 0) is 37.0 Å². The van der Waals surface area contributed by atoms with Crippen LogP contribution in [0.5, 0.6) is 11.6 Å².